The van der Waals surface area contributed by atoms with Crippen LogP contribution in [0.25, 0.3) is 5.69 Å². The second-order valence-corrected chi connectivity index (χ2v) is 2.72. The second-order valence-electron chi connectivity index (χ2n) is 2.72. The topological polar surface area (TPSA) is 56.7 Å². The Kier molecular flexibility index (Phi) is 3.62. The first-order valence-corrected chi connectivity index (χ1v) is 4.06. The Hall–Kier alpha value is -1.39. The van der Waals surface area contributed by atoms with Crippen LogP contribution >= 0.6 is 12.4 Å². The first-order chi connectivity index (χ1) is 6.40. The van der Waals surface area contributed by atoms with Crippen molar-refractivity contribution in [3.63, 3.8) is 0 Å². The predicted molar refractivity (Wildman–Crippen MR) is 56.5 cm³/mol. The fraction of sp³-hybridized carbons (Fsp3) is 0.111. The van der Waals surface area contributed by atoms with Crippen molar-refractivity contribution in [2.45, 2.75) is 6.54 Å². The number of rotatable bonds is 2. The van der Waals surface area contributed by atoms with Gasteiger partial charge in [0.05, 0.1) is 18.1 Å². The van der Waals surface area contributed by atoms with E-state index in [9.17, 15) is 0 Å². The molecule has 0 aliphatic rings. The van der Waals surface area contributed by atoms with Gasteiger partial charge in [-0.3, -0.25) is 0 Å². The van der Waals surface area contributed by atoms with Crippen LogP contribution in [-0.2, 0) is 6.54 Å². The zero-order chi connectivity index (χ0) is 9.10. The lowest BCUT2D eigenvalue weighted by atomic mass is 10.2. The summed E-state index contributed by atoms with van der Waals surface area (Å²) in [6, 6.07) is 7.90. The molecule has 74 valence electrons. The molecule has 2 aromatic rings. The van der Waals surface area contributed by atoms with E-state index in [0.29, 0.717) is 6.54 Å². The van der Waals surface area contributed by atoms with Crippen molar-refractivity contribution in [2.75, 3.05) is 0 Å². The summed E-state index contributed by atoms with van der Waals surface area (Å²) >= 11 is 0. The summed E-state index contributed by atoms with van der Waals surface area (Å²) in [6.45, 7) is 0.567. The highest BCUT2D eigenvalue weighted by atomic mass is 35.5. The van der Waals surface area contributed by atoms with Gasteiger partial charge in [-0.05, 0) is 17.7 Å². The summed E-state index contributed by atoms with van der Waals surface area (Å²) in [6.07, 6.45) is 3.45. The zero-order valence-corrected chi connectivity index (χ0v) is 8.31. The molecule has 0 atom stereocenters. The average molecular weight is 211 g/mol. The van der Waals surface area contributed by atoms with Gasteiger partial charge in [-0.25, -0.2) is 4.68 Å². The molecule has 2 rings (SSSR count). The molecule has 0 aliphatic carbocycles. The molecule has 0 aliphatic heterocycles. The molecule has 0 saturated carbocycles. The van der Waals surface area contributed by atoms with E-state index in [0.717, 1.165) is 11.3 Å². The van der Waals surface area contributed by atoms with Crippen molar-refractivity contribution in [2.24, 2.45) is 5.73 Å². The van der Waals surface area contributed by atoms with Crippen LogP contribution in [0.3, 0.4) is 0 Å². The third-order valence-corrected chi connectivity index (χ3v) is 1.86. The van der Waals surface area contributed by atoms with E-state index >= 15 is 0 Å². The number of nitrogens with two attached hydrogens (primary N) is 1. The van der Waals surface area contributed by atoms with Crippen LogP contribution in [0.1, 0.15) is 5.56 Å². The maximum atomic E-state index is 5.48. The van der Waals surface area contributed by atoms with Crippen molar-refractivity contribution >= 4 is 12.4 Å². The van der Waals surface area contributed by atoms with E-state index in [1.165, 1.54) is 0 Å². The highest BCUT2D eigenvalue weighted by Gasteiger charge is 1.95. The van der Waals surface area contributed by atoms with E-state index in [1.807, 2.05) is 24.3 Å². The lowest BCUT2D eigenvalue weighted by Crippen LogP contribution is -1.98. The minimum Gasteiger partial charge on any atom is -0.326 e. The smallest absolute Gasteiger partial charge is 0.0697 e. The molecule has 0 fully saturated rings. The van der Waals surface area contributed by atoms with Gasteiger partial charge in [0.1, 0.15) is 0 Å². The van der Waals surface area contributed by atoms with Crippen molar-refractivity contribution in [3.8, 4) is 5.69 Å². The molecule has 1 heterocycles. The molecular weight excluding hydrogens is 200 g/mol. The number of aromatic nitrogens is 3. The Bertz CT molecular complexity index is 368. The molecule has 0 radical (unpaired) electrons. The molecule has 5 heteroatoms. The highest BCUT2D eigenvalue weighted by Crippen LogP contribution is 2.06. The third kappa shape index (κ3) is 2.10. The number of hydrogen-bond donors (Lipinski definition) is 1. The number of hydrogen-bond acceptors (Lipinski definition) is 3. The quantitative estimate of drug-likeness (QED) is 0.809. The van der Waals surface area contributed by atoms with E-state index in [1.54, 1.807) is 17.1 Å². The summed E-state index contributed by atoms with van der Waals surface area (Å²) in [5.74, 6) is 0. The van der Waals surface area contributed by atoms with Crippen LogP contribution in [-0.4, -0.2) is 15.0 Å². The zero-order valence-electron chi connectivity index (χ0n) is 7.50. The lowest BCUT2D eigenvalue weighted by Gasteiger charge is -2.00. The van der Waals surface area contributed by atoms with Crippen LogP contribution in [0, 0.1) is 0 Å². The molecule has 0 spiro atoms. The van der Waals surface area contributed by atoms with E-state index in [2.05, 4.69) is 10.3 Å². The first kappa shape index (κ1) is 10.7. The second kappa shape index (κ2) is 4.74. The van der Waals surface area contributed by atoms with E-state index in [4.69, 9.17) is 5.73 Å². The Morgan fingerprint density at radius 2 is 1.93 bits per heavy atom. The van der Waals surface area contributed by atoms with E-state index < -0.39 is 0 Å². The molecule has 0 unspecified atom stereocenters. The Morgan fingerprint density at radius 1 is 1.21 bits per heavy atom. The summed E-state index contributed by atoms with van der Waals surface area (Å²) < 4.78 is 1.71. The molecule has 0 bridgehead atoms. The lowest BCUT2D eigenvalue weighted by molar-refractivity contribution is 0.802. The highest BCUT2D eigenvalue weighted by molar-refractivity contribution is 5.85. The number of nitrogens with zero attached hydrogens (tertiary/aromatic N) is 3. The fourth-order valence-corrected chi connectivity index (χ4v) is 1.13. The standard InChI is InChI=1S/C9H10N4.ClH/c10-7-8-1-3-9(4-2-8)13-6-5-11-12-13;/h1-6H,7,10H2;1H. The maximum Gasteiger partial charge on any atom is 0.0697 e. The van der Waals surface area contributed by atoms with Gasteiger partial charge in [0.25, 0.3) is 0 Å². The Labute approximate surface area is 88.1 Å². The van der Waals surface area contributed by atoms with Gasteiger partial charge in [0, 0.05) is 6.54 Å². The molecule has 0 amide bonds. The minimum absolute atomic E-state index is 0. The molecule has 1 aromatic carbocycles. The minimum atomic E-state index is 0. The fourth-order valence-electron chi connectivity index (χ4n) is 1.13. The Morgan fingerprint density at radius 3 is 2.43 bits per heavy atom. The molecular formula is C9H11ClN4. The van der Waals surface area contributed by atoms with Gasteiger partial charge in [-0.2, -0.15) is 0 Å². The summed E-state index contributed by atoms with van der Waals surface area (Å²) in [4.78, 5) is 0. The predicted octanol–water partition coefficient (Wildman–Crippen LogP) is 1.15. The summed E-state index contributed by atoms with van der Waals surface area (Å²) in [5.41, 5.74) is 7.59. The normalized spacial score (nSPS) is 9.50. The van der Waals surface area contributed by atoms with Crippen LogP contribution in [0.2, 0.25) is 0 Å². The van der Waals surface area contributed by atoms with E-state index in [-0.39, 0.29) is 12.4 Å². The molecule has 4 nitrogen and oxygen atoms in total. The van der Waals surface area contributed by atoms with Gasteiger partial charge >= 0.3 is 0 Å². The number of benzene rings is 1. The monoisotopic (exact) mass is 210 g/mol. The third-order valence-electron chi connectivity index (χ3n) is 1.86. The van der Waals surface area contributed by atoms with Crippen LogP contribution < -0.4 is 5.73 Å². The van der Waals surface area contributed by atoms with Gasteiger partial charge in [0.2, 0.25) is 0 Å². The average Bonchev–Trinajstić information content (AvgIpc) is 2.71. The van der Waals surface area contributed by atoms with Crippen molar-refractivity contribution < 1.29 is 0 Å². The Balaban J connectivity index is 0.000000980. The van der Waals surface area contributed by atoms with Crippen LogP contribution in [0.5, 0.6) is 0 Å². The molecule has 1 aromatic heterocycles. The van der Waals surface area contributed by atoms with Crippen molar-refractivity contribution in [1.82, 2.24) is 15.0 Å². The van der Waals surface area contributed by atoms with Crippen molar-refractivity contribution in [1.29, 1.82) is 0 Å². The molecule has 14 heavy (non-hydrogen) atoms. The van der Waals surface area contributed by atoms with Crippen molar-refractivity contribution in [3.05, 3.63) is 42.2 Å². The SMILES string of the molecule is Cl.NCc1ccc(-n2ccnn2)cc1. The van der Waals surface area contributed by atoms with Gasteiger partial charge in [-0.1, -0.05) is 17.3 Å². The first-order valence-electron chi connectivity index (χ1n) is 4.06. The van der Waals surface area contributed by atoms with Gasteiger partial charge in [0.15, 0.2) is 0 Å². The molecule has 2 N–H and O–H groups in total. The van der Waals surface area contributed by atoms with Gasteiger partial charge < -0.3 is 5.73 Å². The van der Waals surface area contributed by atoms with Crippen LogP contribution in [0.15, 0.2) is 36.7 Å². The van der Waals surface area contributed by atoms with Crippen LogP contribution in [0.4, 0.5) is 0 Å². The maximum absolute atomic E-state index is 5.48. The summed E-state index contributed by atoms with van der Waals surface area (Å²) in [5, 5.41) is 7.61. The number of halogens is 1. The summed E-state index contributed by atoms with van der Waals surface area (Å²) in [7, 11) is 0. The molecule has 0 saturated heterocycles. The van der Waals surface area contributed by atoms with Gasteiger partial charge in [-0.15, -0.1) is 17.5 Å². The largest absolute Gasteiger partial charge is 0.326 e.